The highest BCUT2D eigenvalue weighted by Gasteiger charge is 2.21. The van der Waals surface area contributed by atoms with Crippen molar-refractivity contribution in [2.45, 2.75) is 38.1 Å². The second-order valence-corrected chi connectivity index (χ2v) is 6.23. The van der Waals surface area contributed by atoms with Crippen molar-refractivity contribution in [1.82, 2.24) is 14.9 Å². The Labute approximate surface area is 126 Å². The van der Waals surface area contributed by atoms with Gasteiger partial charge in [0.2, 0.25) is 0 Å². The number of nitrogen functional groups attached to an aromatic ring is 1. The van der Waals surface area contributed by atoms with E-state index in [0.717, 1.165) is 37.8 Å². The Morgan fingerprint density at radius 1 is 1.10 bits per heavy atom. The van der Waals surface area contributed by atoms with Gasteiger partial charge in [0.15, 0.2) is 11.6 Å². The number of hydrogen-bond donors (Lipinski definition) is 2. The van der Waals surface area contributed by atoms with Gasteiger partial charge in [-0.1, -0.05) is 19.3 Å². The van der Waals surface area contributed by atoms with Crippen LogP contribution in [0.5, 0.6) is 0 Å². The lowest BCUT2D eigenvalue weighted by molar-refractivity contribution is 0.312. The van der Waals surface area contributed by atoms with Crippen LogP contribution in [0.1, 0.15) is 32.1 Å². The fraction of sp³-hybridized carbons (Fsp3) is 0.733. The molecule has 116 valence electrons. The van der Waals surface area contributed by atoms with Gasteiger partial charge in [0.05, 0.1) is 0 Å². The standard InChI is InChI=1S/C15H26N6/c1-20-7-9-21(10-8-20)15-13(16)14(17-11-18-15)19-12-5-3-2-4-6-12/h11-12H,2-10,16H2,1H3,(H,17,18,19). The Morgan fingerprint density at radius 2 is 1.81 bits per heavy atom. The summed E-state index contributed by atoms with van der Waals surface area (Å²) in [4.78, 5) is 13.4. The summed E-state index contributed by atoms with van der Waals surface area (Å²) in [7, 11) is 2.15. The molecule has 21 heavy (non-hydrogen) atoms. The van der Waals surface area contributed by atoms with Crippen molar-refractivity contribution in [1.29, 1.82) is 0 Å². The molecular weight excluding hydrogens is 264 g/mol. The minimum Gasteiger partial charge on any atom is -0.393 e. The van der Waals surface area contributed by atoms with Crippen molar-refractivity contribution in [3.05, 3.63) is 6.33 Å². The van der Waals surface area contributed by atoms with Crippen LogP contribution in [0.4, 0.5) is 17.3 Å². The van der Waals surface area contributed by atoms with E-state index in [-0.39, 0.29) is 0 Å². The van der Waals surface area contributed by atoms with E-state index in [1.54, 1.807) is 6.33 Å². The maximum atomic E-state index is 6.32. The van der Waals surface area contributed by atoms with Gasteiger partial charge in [0.1, 0.15) is 12.0 Å². The van der Waals surface area contributed by atoms with Gasteiger partial charge < -0.3 is 20.9 Å². The molecule has 1 saturated heterocycles. The first-order chi connectivity index (χ1) is 10.2. The number of aromatic nitrogens is 2. The van der Waals surface area contributed by atoms with Gasteiger partial charge in [0, 0.05) is 32.2 Å². The van der Waals surface area contributed by atoms with Crippen molar-refractivity contribution in [3.63, 3.8) is 0 Å². The third-order valence-electron chi connectivity index (χ3n) is 4.61. The molecule has 0 unspecified atom stereocenters. The summed E-state index contributed by atoms with van der Waals surface area (Å²) in [5.74, 6) is 1.70. The summed E-state index contributed by atoms with van der Waals surface area (Å²) in [6.45, 7) is 4.05. The summed E-state index contributed by atoms with van der Waals surface area (Å²) in [6, 6.07) is 0.510. The van der Waals surface area contributed by atoms with Crippen LogP contribution in [0, 0.1) is 0 Å². The molecule has 1 aliphatic carbocycles. The molecular formula is C15H26N6. The number of likely N-dealkylation sites (N-methyl/N-ethyl adjacent to an activating group) is 1. The van der Waals surface area contributed by atoms with Crippen LogP contribution in [-0.4, -0.2) is 54.1 Å². The first-order valence-corrected chi connectivity index (χ1v) is 8.04. The predicted molar refractivity (Wildman–Crippen MR) is 86.7 cm³/mol. The van der Waals surface area contributed by atoms with E-state index < -0.39 is 0 Å². The van der Waals surface area contributed by atoms with E-state index in [1.807, 2.05) is 0 Å². The monoisotopic (exact) mass is 290 g/mol. The predicted octanol–water partition coefficient (Wildman–Crippen LogP) is 1.56. The Hall–Kier alpha value is -1.56. The molecule has 1 aromatic rings. The molecule has 1 aromatic heterocycles. The zero-order valence-electron chi connectivity index (χ0n) is 12.9. The Balaban J connectivity index is 1.72. The van der Waals surface area contributed by atoms with E-state index in [9.17, 15) is 0 Å². The quantitative estimate of drug-likeness (QED) is 0.880. The van der Waals surface area contributed by atoms with Gasteiger partial charge in [-0.05, 0) is 19.9 Å². The molecule has 0 spiro atoms. The third-order valence-corrected chi connectivity index (χ3v) is 4.61. The second-order valence-electron chi connectivity index (χ2n) is 6.23. The Bertz CT molecular complexity index is 463. The Morgan fingerprint density at radius 3 is 2.52 bits per heavy atom. The number of nitrogens with one attached hydrogen (secondary N) is 1. The molecule has 6 nitrogen and oxygen atoms in total. The summed E-state index contributed by atoms with van der Waals surface area (Å²) < 4.78 is 0. The highest BCUT2D eigenvalue weighted by Crippen LogP contribution is 2.29. The lowest BCUT2D eigenvalue weighted by Crippen LogP contribution is -2.45. The SMILES string of the molecule is CN1CCN(c2ncnc(NC3CCCCC3)c2N)CC1. The average Bonchev–Trinajstić information content (AvgIpc) is 2.52. The minimum absolute atomic E-state index is 0.510. The van der Waals surface area contributed by atoms with E-state index in [0.29, 0.717) is 11.7 Å². The van der Waals surface area contributed by atoms with Crippen LogP contribution in [0.2, 0.25) is 0 Å². The molecule has 0 bridgehead atoms. The summed E-state index contributed by atoms with van der Waals surface area (Å²) in [5.41, 5.74) is 7.02. The van der Waals surface area contributed by atoms with Gasteiger partial charge in [0.25, 0.3) is 0 Å². The number of anilines is 3. The zero-order valence-corrected chi connectivity index (χ0v) is 12.9. The van der Waals surface area contributed by atoms with Crippen LogP contribution < -0.4 is 16.0 Å². The molecule has 0 aromatic carbocycles. The number of nitrogens with zero attached hydrogens (tertiary/aromatic N) is 4. The van der Waals surface area contributed by atoms with Gasteiger partial charge >= 0.3 is 0 Å². The summed E-state index contributed by atoms with van der Waals surface area (Å²) in [6.07, 6.45) is 8.02. The van der Waals surface area contributed by atoms with Crippen LogP contribution >= 0.6 is 0 Å². The lowest BCUT2D eigenvalue weighted by atomic mass is 9.95. The van der Waals surface area contributed by atoms with E-state index in [2.05, 4.69) is 32.1 Å². The van der Waals surface area contributed by atoms with E-state index in [1.165, 1.54) is 32.1 Å². The van der Waals surface area contributed by atoms with Gasteiger partial charge in [-0.3, -0.25) is 0 Å². The van der Waals surface area contributed by atoms with E-state index in [4.69, 9.17) is 5.73 Å². The van der Waals surface area contributed by atoms with E-state index >= 15 is 0 Å². The number of rotatable bonds is 3. The van der Waals surface area contributed by atoms with Gasteiger partial charge in [-0.2, -0.15) is 0 Å². The number of hydrogen-bond acceptors (Lipinski definition) is 6. The molecule has 2 fully saturated rings. The second kappa shape index (κ2) is 6.47. The number of nitrogens with two attached hydrogens (primary N) is 1. The fourth-order valence-corrected chi connectivity index (χ4v) is 3.21. The Kier molecular flexibility index (Phi) is 4.43. The average molecular weight is 290 g/mol. The van der Waals surface area contributed by atoms with Crippen LogP contribution in [-0.2, 0) is 0 Å². The van der Waals surface area contributed by atoms with Crippen LogP contribution in [0.3, 0.4) is 0 Å². The molecule has 0 atom stereocenters. The fourth-order valence-electron chi connectivity index (χ4n) is 3.21. The molecule has 3 rings (SSSR count). The van der Waals surface area contributed by atoms with Crippen molar-refractivity contribution < 1.29 is 0 Å². The van der Waals surface area contributed by atoms with Crippen molar-refractivity contribution in [2.24, 2.45) is 0 Å². The largest absolute Gasteiger partial charge is 0.393 e. The molecule has 1 aliphatic heterocycles. The molecule has 0 amide bonds. The summed E-state index contributed by atoms with van der Waals surface area (Å²) in [5, 5.41) is 3.52. The maximum absolute atomic E-state index is 6.32. The van der Waals surface area contributed by atoms with Gasteiger partial charge in [-0.15, -0.1) is 0 Å². The number of piperazine rings is 1. The summed E-state index contributed by atoms with van der Waals surface area (Å²) >= 11 is 0. The van der Waals surface area contributed by atoms with Crippen LogP contribution in [0.15, 0.2) is 6.33 Å². The van der Waals surface area contributed by atoms with Crippen molar-refractivity contribution >= 4 is 17.3 Å². The normalized spacial score (nSPS) is 21.5. The third kappa shape index (κ3) is 3.37. The van der Waals surface area contributed by atoms with Crippen molar-refractivity contribution in [3.8, 4) is 0 Å². The maximum Gasteiger partial charge on any atom is 0.157 e. The topological polar surface area (TPSA) is 70.3 Å². The first-order valence-electron chi connectivity index (χ1n) is 8.04. The zero-order chi connectivity index (χ0) is 14.7. The first kappa shape index (κ1) is 14.4. The highest BCUT2D eigenvalue weighted by molar-refractivity contribution is 5.75. The van der Waals surface area contributed by atoms with Gasteiger partial charge in [-0.25, -0.2) is 9.97 Å². The minimum atomic E-state index is 0.510. The molecule has 1 saturated carbocycles. The van der Waals surface area contributed by atoms with Crippen LogP contribution in [0.25, 0.3) is 0 Å². The molecule has 3 N–H and O–H groups in total. The van der Waals surface area contributed by atoms with Crippen molar-refractivity contribution in [2.75, 3.05) is 49.2 Å². The smallest absolute Gasteiger partial charge is 0.157 e. The molecule has 2 heterocycles. The molecule has 6 heteroatoms. The lowest BCUT2D eigenvalue weighted by Gasteiger charge is -2.34. The highest BCUT2D eigenvalue weighted by atomic mass is 15.3. The molecule has 2 aliphatic rings. The molecule has 0 radical (unpaired) electrons.